The van der Waals surface area contributed by atoms with Gasteiger partial charge in [0.15, 0.2) is 0 Å². The minimum atomic E-state index is -0.0574. The largest absolute Gasteiger partial charge is 0.349 e. The Morgan fingerprint density at radius 1 is 1.15 bits per heavy atom. The summed E-state index contributed by atoms with van der Waals surface area (Å²) in [7, 11) is 0. The fourth-order valence-corrected chi connectivity index (χ4v) is 4.20. The second kappa shape index (κ2) is 10.6. The molecule has 2 amide bonds. The molecule has 3 rings (SSSR count). The van der Waals surface area contributed by atoms with E-state index in [1.807, 2.05) is 17.5 Å². The van der Waals surface area contributed by atoms with Crippen LogP contribution in [0.25, 0.3) is 0 Å². The maximum atomic E-state index is 12.3. The summed E-state index contributed by atoms with van der Waals surface area (Å²) in [6.45, 7) is 1.89. The Bertz CT molecular complexity index is 702. The van der Waals surface area contributed by atoms with E-state index < -0.39 is 0 Å². The summed E-state index contributed by atoms with van der Waals surface area (Å²) < 4.78 is 1.13. The van der Waals surface area contributed by atoms with Gasteiger partial charge < -0.3 is 16.0 Å². The molecule has 2 aromatic rings. The van der Waals surface area contributed by atoms with E-state index >= 15 is 0 Å². The average molecular weight is 412 g/mol. The number of thiophene rings is 1. The molecule has 0 saturated carbocycles. The molecule has 1 aromatic heterocycles. The molecule has 0 unspecified atom stereocenters. The topological polar surface area (TPSA) is 70.2 Å². The predicted octanol–water partition coefficient (Wildman–Crippen LogP) is 3.38. The van der Waals surface area contributed by atoms with Crippen LogP contribution >= 0.6 is 35.5 Å². The van der Waals surface area contributed by atoms with Gasteiger partial charge in [-0.05, 0) is 61.6 Å². The molecule has 1 aromatic carbocycles. The highest BCUT2D eigenvalue weighted by Gasteiger charge is 2.16. The zero-order valence-electron chi connectivity index (χ0n) is 14.2. The first-order chi connectivity index (χ1) is 12.2. The highest BCUT2D eigenvalue weighted by Crippen LogP contribution is 2.23. The molecule has 2 heterocycles. The molecule has 0 bridgehead atoms. The lowest BCUT2D eigenvalue weighted by molar-refractivity contribution is -0.113. The van der Waals surface area contributed by atoms with Crippen molar-refractivity contribution in [1.82, 2.24) is 10.6 Å². The summed E-state index contributed by atoms with van der Waals surface area (Å²) in [5.41, 5.74) is 1.32. The summed E-state index contributed by atoms with van der Waals surface area (Å²) in [6, 6.07) is 11.2. The number of carbonyl (C=O) groups excluding carboxylic acids is 2. The number of carbonyl (C=O) groups is 2. The van der Waals surface area contributed by atoms with Gasteiger partial charge in [0.25, 0.3) is 5.91 Å². The van der Waals surface area contributed by atoms with Crippen LogP contribution in [0.1, 0.15) is 23.2 Å². The minimum Gasteiger partial charge on any atom is -0.349 e. The van der Waals surface area contributed by atoms with Crippen LogP contribution < -0.4 is 16.0 Å². The Kier molecular flexibility index (Phi) is 8.44. The number of halogens is 1. The number of anilines is 1. The molecule has 1 fully saturated rings. The molecule has 26 heavy (non-hydrogen) atoms. The van der Waals surface area contributed by atoms with Gasteiger partial charge in [0, 0.05) is 17.3 Å². The van der Waals surface area contributed by atoms with Crippen LogP contribution in [0.4, 0.5) is 5.69 Å². The number of nitrogens with one attached hydrogen (secondary N) is 3. The monoisotopic (exact) mass is 411 g/mol. The van der Waals surface area contributed by atoms with Crippen LogP contribution in [0, 0.1) is 0 Å². The smallest absolute Gasteiger partial charge is 0.251 e. The van der Waals surface area contributed by atoms with Gasteiger partial charge in [-0.3, -0.25) is 9.59 Å². The van der Waals surface area contributed by atoms with Gasteiger partial charge in [-0.2, -0.15) is 0 Å². The quantitative estimate of drug-likeness (QED) is 0.637. The molecule has 1 aliphatic rings. The first-order valence-corrected chi connectivity index (χ1v) is 10.1. The van der Waals surface area contributed by atoms with Crippen molar-refractivity contribution in [2.24, 2.45) is 0 Å². The summed E-state index contributed by atoms with van der Waals surface area (Å²) >= 11 is 3.14. The Balaban J connectivity index is 0.00000243. The van der Waals surface area contributed by atoms with Crippen molar-refractivity contribution >= 4 is 53.0 Å². The van der Waals surface area contributed by atoms with Crippen molar-refractivity contribution in [1.29, 1.82) is 0 Å². The standard InChI is InChI=1S/C18H21N3O2S2.ClH/c22-16(12-25-17-2-1-11-24-17)20-14-5-3-13(4-6-14)18(23)21-15-7-9-19-10-8-15;/h1-6,11,15,19H,7-10,12H2,(H,20,22)(H,21,23);1H. The van der Waals surface area contributed by atoms with E-state index in [9.17, 15) is 9.59 Å². The fourth-order valence-electron chi connectivity index (χ4n) is 2.62. The highest BCUT2D eigenvalue weighted by molar-refractivity contribution is 8.01. The lowest BCUT2D eigenvalue weighted by Crippen LogP contribution is -2.42. The van der Waals surface area contributed by atoms with E-state index in [1.165, 1.54) is 11.8 Å². The van der Waals surface area contributed by atoms with Crippen LogP contribution in [0.15, 0.2) is 46.0 Å². The van der Waals surface area contributed by atoms with Crippen LogP contribution in [0.5, 0.6) is 0 Å². The molecule has 0 atom stereocenters. The normalized spacial score (nSPS) is 14.3. The van der Waals surface area contributed by atoms with Gasteiger partial charge in [-0.15, -0.1) is 35.5 Å². The number of piperidine rings is 1. The van der Waals surface area contributed by atoms with E-state index in [2.05, 4.69) is 16.0 Å². The minimum absolute atomic E-state index is 0. The van der Waals surface area contributed by atoms with E-state index in [0.29, 0.717) is 17.0 Å². The summed E-state index contributed by atoms with van der Waals surface area (Å²) in [5, 5.41) is 11.2. The van der Waals surface area contributed by atoms with Crippen molar-refractivity contribution in [2.45, 2.75) is 23.1 Å². The molecule has 0 radical (unpaired) electrons. The summed E-state index contributed by atoms with van der Waals surface area (Å²) in [6.07, 6.45) is 1.92. The molecule has 1 aliphatic heterocycles. The maximum absolute atomic E-state index is 12.3. The van der Waals surface area contributed by atoms with E-state index in [1.54, 1.807) is 35.6 Å². The number of thioether (sulfide) groups is 1. The van der Waals surface area contributed by atoms with Crippen molar-refractivity contribution in [2.75, 3.05) is 24.2 Å². The average Bonchev–Trinajstić information content (AvgIpc) is 3.15. The molecular formula is C18H22ClN3O2S2. The maximum Gasteiger partial charge on any atom is 0.251 e. The molecule has 0 spiro atoms. The van der Waals surface area contributed by atoms with Crippen molar-refractivity contribution in [3.8, 4) is 0 Å². The van der Waals surface area contributed by atoms with Crippen molar-refractivity contribution < 1.29 is 9.59 Å². The molecule has 8 heteroatoms. The number of rotatable bonds is 6. The first-order valence-electron chi connectivity index (χ1n) is 8.28. The third-order valence-corrected chi connectivity index (χ3v) is 6.08. The molecule has 140 valence electrons. The van der Waals surface area contributed by atoms with Gasteiger partial charge in [0.1, 0.15) is 0 Å². The summed E-state index contributed by atoms with van der Waals surface area (Å²) in [4.78, 5) is 24.2. The molecule has 0 aliphatic carbocycles. The third-order valence-electron chi connectivity index (χ3n) is 3.95. The van der Waals surface area contributed by atoms with Gasteiger partial charge in [0.2, 0.25) is 5.91 Å². The molecular weight excluding hydrogens is 390 g/mol. The number of benzene rings is 1. The second-order valence-electron chi connectivity index (χ2n) is 5.84. The SMILES string of the molecule is Cl.O=C(CSc1cccs1)Nc1ccc(C(=O)NC2CCNCC2)cc1. The number of amides is 2. The third kappa shape index (κ3) is 6.32. The van der Waals surface area contributed by atoms with E-state index in [0.717, 1.165) is 30.1 Å². The molecule has 5 nitrogen and oxygen atoms in total. The van der Waals surface area contributed by atoms with Crippen LogP contribution in [-0.4, -0.2) is 36.7 Å². The second-order valence-corrected chi connectivity index (χ2v) is 8.07. The van der Waals surface area contributed by atoms with E-state index in [4.69, 9.17) is 0 Å². The Morgan fingerprint density at radius 2 is 1.88 bits per heavy atom. The molecule has 1 saturated heterocycles. The Hall–Kier alpha value is -1.54. The Morgan fingerprint density at radius 3 is 2.54 bits per heavy atom. The van der Waals surface area contributed by atoms with E-state index in [-0.39, 0.29) is 30.3 Å². The predicted molar refractivity (Wildman–Crippen MR) is 111 cm³/mol. The number of hydrogen-bond donors (Lipinski definition) is 3. The Labute approximate surface area is 167 Å². The van der Waals surface area contributed by atoms with Gasteiger partial charge in [-0.1, -0.05) is 6.07 Å². The van der Waals surface area contributed by atoms with Gasteiger partial charge in [-0.25, -0.2) is 0 Å². The number of hydrogen-bond acceptors (Lipinski definition) is 5. The summed E-state index contributed by atoms with van der Waals surface area (Å²) in [5.74, 6) is 0.265. The lowest BCUT2D eigenvalue weighted by Gasteiger charge is -2.23. The highest BCUT2D eigenvalue weighted by atomic mass is 35.5. The van der Waals surface area contributed by atoms with Crippen LogP contribution in [0.2, 0.25) is 0 Å². The molecule has 3 N–H and O–H groups in total. The van der Waals surface area contributed by atoms with Crippen molar-refractivity contribution in [3.05, 3.63) is 47.3 Å². The van der Waals surface area contributed by atoms with Gasteiger partial charge in [0.05, 0.1) is 9.96 Å². The zero-order chi connectivity index (χ0) is 17.5. The zero-order valence-corrected chi connectivity index (χ0v) is 16.6. The first kappa shape index (κ1) is 20.8. The van der Waals surface area contributed by atoms with Crippen LogP contribution in [-0.2, 0) is 4.79 Å². The van der Waals surface area contributed by atoms with Crippen LogP contribution in [0.3, 0.4) is 0 Å². The van der Waals surface area contributed by atoms with Crippen molar-refractivity contribution in [3.63, 3.8) is 0 Å². The lowest BCUT2D eigenvalue weighted by atomic mass is 10.1. The van der Waals surface area contributed by atoms with Gasteiger partial charge >= 0.3 is 0 Å². The fraction of sp³-hybridized carbons (Fsp3) is 0.333.